The van der Waals surface area contributed by atoms with Crippen molar-refractivity contribution in [3.8, 4) is 5.75 Å². The molecule has 3 rings (SSSR count). The first-order valence-electron chi connectivity index (χ1n) is 7.08. The average molecular weight is 245 g/mol. The lowest BCUT2D eigenvalue weighted by atomic mass is 9.88. The second-order valence-electron chi connectivity index (χ2n) is 6.27. The minimum absolute atomic E-state index is 0.606. The van der Waals surface area contributed by atoms with E-state index in [1.807, 2.05) is 0 Å². The molecule has 0 aliphatic heterocycles. The van der Waals surface area contributed by atoms with Gasteiger partial charge in [0, 0.05) is 12.6 Å². The third-order valence-electron chi connectivity index (χ3n) is 4.56. The summed E-state index contributed by atoms with van der Waals surface area (Å²) in [5, 5.41) is 3.76. The fraction of sp³-hybridized carbons (Fsp3) is 0.625. The Bertz CT molecular complexity index is 437. The van der Waals surface area contributed by atoms with E-state index in [1.54, 1.807) is 7.11 Å². The first kappa shape index (κ1) is 12.0. The summed E-state index contributed by atoms with van der Waals surface area (Å²) in [5.41, 5.74) is 3.58. The molecule has 98 valence electrons. The van der Waals surface area contributed by atoms with Crippen LogP contribution in [0.15, 0.2) is 18.2 Å². The number of aryl methyl sites for hydroxylation is 1. The van der Waals surface area contributed by atoms with Crippen molar-refractivity contribution >= 4 is 0 Å². The minimum Gasteiger partial charge on any atom is -0.497 e. The molecule has 0 saturated heterocycles. The van der Waals surface area contributed by atoms with Crippen molar-refractivity contribution in [1.29, 1.82) is 0 Å². The summed E-state index contributed by atoms with van der Waals surface area (Å²) < 4.78 is 5.32. The zero-order valence-electron chi connectivity index (χ0n) is 11.5. The molecule has 1 aromatic rings. The lowest BCUT2D eigenvalue weighted by molar-refractivity contribution is 0.397. The largest absolute Gasteiger partial charge is 0.497 e. The molecular formula is C16H23NO. The molecule has 0 radical (unpaired) electrons. The molecule has 0 aromatic heterocycles. The number of methoxy groups -OCH3 is 1. The van der Waals surface area contributed by atoms with Gasteiger partial charge >= 0.3 is 0 Å². The van der Waals surface area contributed by atoms with E-state index < -0.39 is 0 Å². The van der Waals surface area contributed by atoms with Crippen LogP contribution in [0.25, 0.3) is 0 Å². The quantitative estimate of drug-likeness (QED) is 0.880. The van der Waals surface area contributed by atoms with Crippen LogP contribution in [0, 0.1) is 5.41 Å². The highest BCUT2D eigenvalue weighted by molar-refractivity contribution is 5.37. The van der Waals surface area contributed by atoms with Crippen molar-refractivity contribution in [2.45, 2.75) is 45.1 Å². The van der Waals surface area contributed by atoms with E-state index in [0.29, 0.717) is 11.5 Å². The first-order chi connectivity index (χ1) is 8.68. The van der Waals surface area contributed by atoms with Gasteiger partial charge in [0.2, 0.25) is 0 Å². The molecule has 2 aliphatic carbocycles. The SMILES string of the molecule is COc1ccc2c(c1)CC(NCC1(C)CC1)CC2. The molecule has 1 N–H and O–H groups in total. The molecule has 1 atom stereocenters. The maximum absolute atomic E-state index is 5.32. The van der Waals surface area contributed by atoms with Gasteiger partial charge in [0.05, 0.1) is 7.11 Å². The molecule has 2 heteroatoms. The van der Waals surface area contributed by atoms with Gasteiger partial charge < -0.3 is 10.1 Å². The average Bonchev–Trinajstić information content (AvgIpc) is 3.14. The second kappa shape index (κ2) is 4.58. The Morgan fingerprint density at radius 2 is 2.17 bits per heavy atom. The Hall–Kier alpha value is -1.02. The van der Waals surface area contributed by atoms with Crippen LogP contribution in [0.1, 0.15) is 37.3 Å². The maximum Gasteiger partial charge on any atom is 0.119 e. The molecule has 1 unspecified atom stereocenters. The number of hydrogen-bond donors (Lipinski definition) is 1. The smallest absolute Gasteiger partial charge is 0.119 e. The molecular weight excluding hydrogens is 222 g/mol. The molecule has 18 heavy (non-hydrogen) atoms. The lowest BCUT2D eigenvalue weighted by Crippen LogP contribution is -2.37. The summed E-state index contributed by atoms with van der Waals surface area (Å²) in [6, 6.07) is 7.17. The highest BCUT2D eigenvalue weighted by Crippen LogP contribution is 2.44. The van der Waals surface area contributed by atoms with E-state index in [-0.39, 0.29) is 0 Å². The van der Waals surface area contributed by atoms with Crippen LogP contribution in [0.2, 0.25) is 0 Å². The number of rotatable bonds is 4. The number of benzene rings is 1. The highest BCUT2D eigenvalue weighted by Gasteiger charge is 2.37. The van der Waals surface area contributed by atoms with Gasteiger partial charge in [-0.1, -0.05) is 13.0 Å². The fourth-order valence-electron chi connectivity index (χ4n) is 2.82. The Labute approximate surface area is 110 Å². The van der Waals surface area contributed by atoms with Gasteiger partial charge in [0.1, 0.15) is 5.75 Å². The van der Waals surface area contributed by atoms with Crippen molar-refractivity contribution in [3.63, 3.8) is 0 Å². The van der Waals surface area contributed by atoms with Crippen LogP contribution in [0.4, 0.5) is 0 Å². The summed E-state index contributed by atoms with van der Waals surface area (Å²) >= 11 is 0. The zero-order chi connectivity index (χ0) is 12.6. The van der Waals surface area contributed by atoms with Gasteiger partial charge in [-0.05, 0) is 60.8 Å². The van der Waals surface area contributed by atoms with Crippen molar-refractivity contribution in [1.82, 2.24) is 5.32 Å². The second-order valence-corrected chi connectivity index (χ2v) is 6.27. The molecule has 2 aliphatic rings. The van der Waals surface area contributed by atoms with E-state index in [1.165, 1.54) is 43.4 Å². The van der Waals surface area contributed by atoms with Gasteiger partial charge in [-0.2, -0.15) is 0 Å². The Kier molecular flexibility index (Phi) is 3.06. The molecule has 1 saturated carbocycles. The van der Waals surface area contributed by atoms with Gasteiger partial charge in [0.25, 0.3) is 0 Å². The number of fused-ring (bicyclic) bond motifs is 1. The van der Waals surface area contributed by atoms with Crippen LogP contribution in [0.5, 0.6) is 5.75 Å². The summed E-state index contributed by atoms with van der Waals surface area (Å²) in [5.74, 6) is 0.989. The summed E-state index contributed by atoms with van der Waals surface area (Å²) in [6.45, 7) is 3.58. The Balaban J connectivity index is 1.64. The van der Waals surface area contributed by atoms with Crippen molar-refractivity contribution in [2.24, 2.45) is 5.41 Å². The number of ether oxygens (including phenoxy) is 1. The number of hydrogen-bond acceptors (Lipinski definition) is 2. The summed E-state index contributed by atoms with van der Waals surface area (Å²) in [4.78, 5) is 0. The van der Waals surface area contributed by atoms with E-state index in [9.17, 15) is 0 Å². The van der Waals surface area contributed by atoms with Crippen LogP contribution in [0.3, 0.4) is 0 Å². The third kappa shape index (κ3) is 2.54. The Morgan fingerprint density at radius 1 is 1.33 bits per heavy atom. The Morgan fingerprint density at radius 3 is 2.89 bits per heavy atom. The van der Waals surface area contributed by atoms with Crippen LogP contribution in [-0.4, -0.2) is 19.7 Å². The molecule has 0 spiro atoms. The predicted molar refractivity (Wildman–Crippen MR) is 74.2 cm³/mol. The van der Waals surface area contributed by atoms with E-state index in [2.05, 4.69) is 30.4 Å². The first-order valence-corrected chi connectivity index (χ1v) is 7.08. The van der Waals surface area contributed by atoms with Gasteiger partial charge in [-0.3, -0.25) is 0 Å². The molecule has 0 bridgehead atoms. The molecule has 0 heterocycles. The topological polar surface area (TPSA) is 21.3 Å². The van der Waals surface area contributed by atoms with Crippen molar-refractivity contribution in [2.75, 3.05) is 13.7 Å². The highest BCUT2D eigenvalue weighted by atomic mass is 16.5. The van der Waals surface area contributed by atoms with Crippen LogP contribution >= 0.6 is 0 Å². The van der Waals surface area contributed by atoms with E-state index in [4.69, 9.17) is 4.74 Å². The standard InChI is InChI=1S/C16H23NO/c1-16(7-8-16)11-17-14-5-3-12-4-6-15(18-2)10-13(12)9-14/h4,6,10,14,17H,3,5,7-9,11H2,1-2H3. The van der Waals surface area contributed by atoms with E-state index >= 15 is 0 Å². The lowest BCUT2D eigenvalue weighted by Gasteiger charge is -2.27. The monoisotopic (exact) mass is 245 g/mol. The van der Waals surface area contributed by atoms with Gasteiger partial charge in [0.15, 0.2) is 0 Å². The number of nitrogens with one attached hydrogen (secondary N) is 1. The maximum atomic E-state index is 5.32. The predicted octanol–water partition coefficient (Wildman–Crippen LogP) is 2.94. The van der Waals surface area contributed by atoms with E-state index in [0.717, 1.165) is 12.2 Å². The van der Waals surface area contributed by atoms with Gasteiger partial charge in [-0.15, -0.1) is 0 Å². The summed E-state index contributed by atoms with van der Waals surface area (Å²) in [6.07, 6.45) is 6.43. The summed E-state index contributed by atoms with van der Waals surface area (Å²) in [7, 11) is 1.74. The molecule has 1 fully saturated rings. The third-order valence-corrected chi connectivity index (χ3v) is 4.56. The fourth-order valence-corrected chi connectivity index (χ4v) is 2.82. The molecule has 1 aromatic carbocycles. The molecule has 2 nitrogen and oxygen atoms in total. The van der Waals surface area contributed by atoms with Crippen molar-refractivity contribution in [3.05, 3.63) is 29.3 Å². The minimum atomic E-state index is 0.606. The normalized spacial score (nSPS) is 24.4. The molecule has 0 amide bonds. The van der Waals surface area contributed by atoms with Crippen molar-refractivity contribution < 1.29 is 4.74 Å². The van der Waals surface area contributed by atoms with Crippen LogP contribution < -0.4 is 10.1 Å². The van der Waals surface area contributed by atoms with Crippen LogP contribution in [-0.2, 0) is 12.8 Å². The van der Waals surface area contributed by atoms with Gasteiger partial charge in [-0.25, -0.2) is 0 Å². The zero-order valence-corrected chi connectivity index (χ0v) is 11.5.